The molecule has 0 saturated carbocycles. The van der Waals surface area contributed by atoms with Crippen LogP contribution in [-0.2, 0) is 11.2 Å². The number of nitrogens with one attached hydrogen (secondary N) is 1. The molecule has 1 saturated heterocycles. The number of nitrogens with zero attached hydrogens (tertiary/aromatic N) is 4. The third-order valence-electron chi connectivity index (χ3n) is 5.49. The minimum Gasteiger partial charge on any atom is -0.371 e. The molecule has 2 heterocycles. The number of carbonyl (C=O) groups excluding carboxylic acids is 1. The van der Waals surface area contributed by atoms with Gasteiger partial charge in [0.1, 0.15) is 0 Å². The van der Waals surface area contributed by atoms with Crippen molar-refractivity contribution in [1.29, 1.82) is 0 Å². The first-order valence-electron chi connectivity index (χ1n) is 10.8. The summed E-state index contributed by atoms with van der Waals surface area (Å²) < 4.78 is 0. The molecule has 4 rings (SSSR count). The zero-order valence-electron chi connectivity index (χ0n) is 17.9. The average molecular weight is 424 g/mol. The van der Waals surface area contributed by atoms with Gasteiger partial charge < -0.3 is 10.2 Å². The van der Waals surface area contributed by atoms with Crippen LogP contribution in [0.1, 0.15) is 24.8 Å². The summed E-state index contributed by atoms with van der Waals surface area (Å²) in [7, 11) is 0. The van der Waals surface area contributed by atoms with Crippen molar-refractivity contribution in [3.05, 3.63) is 84.4 Å². The first-order valence-corrected chi connectivity index (χ1v) is 10.8. The zero-order valence-corrected chi connectivity index (χ0v) is 17.9. The number of piperidine rings is 1. The Kier molecular flexibility index (Phi) is 6.57. The number of benzene rings is 2. The first kappa shape index (κ1) is 21.3. The van der Waals surface area contributed by atoms with Gasteiger partial charge in [0.15, 0.2) is 11.5 Å². The first-order chi connectivity index (χ1) is 15.6. The quantitative estimate of drug-likeness (QED) is 0.389. The van der Waals surface area contributed by atoms with Gasteiger partial charge in [-0.3, -0.25) is 4.79 Å². The second-order valence-electron chi connectivity index (χ2n) is 7.84. The molecule has 2 aromatic carbocycles. The lowest BCUT2D eigenvalue weighted by Gasteiger charge is -2.29. The molecule has 6 heteroatoms. The molecule has 1 aliphatic rings. The molecule has 0 radical (unpaired) electrons. The third-order valence-corrected chi connectivity index (χ3v) is 5.49. The van der Waals surface area contributed by atoms with Crippen LogP contribution in [-0.4, -0.2) is 28.8 Å². The normalized spacial score (nSPS) is 13.3. The molecule has 0 bridgehead atoms. The highest BCUT2D eigenvalue weighted by molar-refractivity contribution is 5.91. The largest absolute Gasteiger partial charge is 0.371 e. The molecular formula is C26H25N5O. The average Bonchev–Trinajstić information content (AvgIpc) is 2.84. The summed E-state index contributed by atoms with van der Waals surface area (Å²) >= 11 is 0. The van der Waals surface area contributed by atoms with Gasteiger partial charge in [0.05, 0.1) is 12.3 Å². The maximum Gasteiger partial charge on any atom is 0.227 e. The van der Waals surface area contributed by atoms with E-state index in [-0.39, 0.29) is 12.2 Å². The summed E-state index contributed by atoms with van der Waals surface area (Å²) in [5.41, 5.74) is 4.83. The number of aromatic nitrogens is 2. The van der Waals surface area contributed by atoms with Crippen molar-refractivity contribution in [3.63, 3.8) is 0 Å². The maximum absolute atomic E-state index is 11.8. The second-order valence-corrected chi connectivity index (χ2v) is 7.84. The fraction of sp³-hybridized carbons (Fsp3) is 0.231. The van der Waals surface area contributed by atoms with Crippen LogP contribution in [0.15, 0.2) is 67.4 Å². The SMILES string of the molecule is [C-]#[N+]c1cc(CC(=O)C=C)cc(-c2ccnc(Nc3cccc(N4CCCCC4)c3)n2)c1. The van der Waals surface area contributed by atoms with Crippen LogP contribution in [0.25, 0.3) is 16.1 Å². The van der Waals surface area contributed by atoms with Crippen molar-refractivity contribution in [1.82, 2.24) is 9.97 Å². The molecule has 0 unspecified atom stereocenters. The molecule has 3 aromatic rings. The molecule has 1 fully saturated rings. The fourth-order valence-corrected chi connectivity index (χ4v) is 3.90. The van der Waals surface area contributed by atoms with E-state index >= 15 is 0 Å². The van der Waals surface area contributed by atoms with E-state index in [9.17, 15) is 4.79 Å². The van der Waals surface area contributed by atoms with Gasteiger partial charge in [-0.25, -0.2) is 14.8 Å². The molecular weight excluding hydrogens is 398 g/mol. The van der Waals surface area contributed by atoms with Gasteiger partial charge in [0.25, 0.3) is 0 Å². The highest BCUT2D eigenvalue weighted by Gasteiger charge is 2.12. The molecule has 1 aliphatic heterocycles. The zero-order chi connectivity index (χ0) is 22.3. The second kappa shape index (κ2) is 9.88. The van der Waals surface area contributed by atoms with Crippen LogP contribution < -0.4 is 10.2 Å². The van der Waals surface area contributed by atoms with E-state index in [0.717, 1.165) is 29.9 Å². The van der Waals surface area contributed by atoms with Crippen LogP contribution in [0.4, 0.5) is 23.0 Å². The van der Waals surface area contributed by atoms with Gasteiger partial charge in [-0.1, -0.05) is 30.3 Å². The Morgan fingerprint density at radius 3 is 2.78 bits per heavy atom. The summed E-state index contributed by atoms with van der Waals surface area (Å²) in [4.78, 5) is 26.8. The van der Waals surface area contributed by atoms with E-state index in [1.165, 1.54) is 31.0 Å². The third kappa shape index (κ3) is 5.19. The predicted octanol–water partition coefficient (Wildman–Crippen LogP) is 5.73. The van der Waals surface area contributed by atoms with Crippen LogP contribution >= 0.6 is 0 Å². The molecule has 1 N–H and O–H groups in total. The number of allylic oxidation sites excluding steroid dienone is 1. The lowest BCUT2D eigenvalue weighted by molar-refractivity contribution is -0.114. The topological polar surface area (TPSA) is 62.5 Å². The maximum atomic E-state index is 11.8. The molecule has 160 valence electrons. The van der Waals surface area contributed by atoms with Crippen LogP contribution in [0, 0.1) is 6.57 Å². The monoisotopic (exact) mass is 423 g/mol. The van der Waals surface area contributed by atoms with E-state index in [0.29, 0.717) is 17.3 Å². The highest BCUT2D eigenvalue weighted by Crippen LogP contribution is 2.28. The number of rotatable bonds is 7. The van der Waals surface area contributed by atoms with Crippen molar-refractivity contribution >= 4 is 28.8 Å². The highest BCUT2D eigenvalue weighted by atomic mass is 16.1. The van der Waals surface area contributed by atoms with Crippen molar-refractivity contribution in [3.8, 4) is 11.3 Å². The van der Waals surface area contributed by atoms with Gasteiger partial charge in [0.2, 0.25) is 5.95 Å². The number of carbonyl (C=O) groups is 1. The van der Waals surface area contributed by atoms with E-state index in [1.54, 1.807) is 24.4 Å². The Balaban J connectivity index is 1.58. The fourth-order valence-electron chi connectivity index (χ4n) is 3.90. The van der Waals surface area contributed by atoms with E-state index in [1.807, 2.05) is 18.2 Å². The van der Waals surface area contributed by atoms with Crippen molar-refractivity contribution in [2.45, 2.75) is 25.7 Å². The predicted molar refractivity (Wildman–Crippen MR) is 128 cm³/mol. The van der Waals surface area contributed by atoms with E-state index < -0.39 is 0 Å². The van der Waals surface area contributed by atoms with Gasteiger partial charge >= 0.3 is 0 Å². The summed E-state index contributed by atoms with van der Waals surface area (Å²) in [5.74, 6) is 0.395. The summed E-state index contributed by atoms with van der Waals surface area (Å²) in [6.07, 6.45) is 6.96. The molecule has 1 aromatic heterocycles. The Morgan fingerprint density at radius 1 is 1.16 bits per heavy atom. The van der Waals surface area contributed by atoms with Gasteiger partial charge in [-0.05, 0) is 61.2 Å². The van der Waals surface area contributed by atoms with Crippen LogP contribution in [0.3, 0.4) is 0 Å². The molecule has 32 heavy (non-hydrogen) atoms. The molecule has 0 aliphatic carbocycles. The Labute approximate surface area is 188 Å². The molecule has 6 nitrogen and oxygen atoms in total. The smallest absolute Gasteiger partial charge is 0.227 e. The lowest BCUT2D eigenvalue weighted by atomic mass is 10.0. The number of anilines is 3. The standard InChI is InChI=1S/C26H25N5O/c1-3-24(32)16-19-14-20(17-22(15-19)27-2)25-10-11-28-26(30-25)29-21-8-7-9-23(18-21)31-12-5-4-6-13-31/h3,7-11,14-15,17-18H,1,4-6,12-13,16H2,(H,28,29,30). The van der Waals surface area contributed by atoms with Crippen LogP contribution in [0.5, 0.6) is 0 Å². The van der Waals surface area contributed by atoms with Gasteiger partial charge in [-0.15, -0.1) is 0 Å². The van der Waals surface area contributed by atoms with E-state index in [4.69, 9.17) is 6.57 Å². The molecule has 0 amide bonds. The van der Waals surface area contributed by atoms with Crippen LogP contribution in [0.2, 0.25) is 0 Å². The van der Waals surface area contributed by atoms with Crippen molar-refractivity contribution in [2.75, 3.05) is 23.3 Å². The lowest BCUT2D eigenvalue weighted by Crippen LogP contribution is -2.29. The molecule has 0 spiro atoms. The molecule has 0 atom stereocenters. The van der Waals surface area contributed by atoms with Crippen molar-refractivity contribution in [2.24, 2.45) is 0 Å². The number of hydrogen-bond acceptors (Lipinski definition) is 5. The van der Waals surface area contributed by atoms with E-state index in [2.05, 4.69) is 43.7 Å². The minimum atomic E-state index is -0.0864. The van der Waals surface area contributed by atoms with Gasteiger partial charge in [-0.2, -0.15) is 0 Å². The summed E-state index contributed by atoms with van der Waals surface area (Å²) in [6, 6.07) is 15.5. The Bertz CT molecular complexity index is 1170. The minimum absolute atomic E-state index is 0.0864. The summed E-state index contributed by atoms with van der Waals surface area (Å²) in [5, 5.41) is 3.30. The Morgan fingerprint density at radius 2 is 2.00 bits per heavy atom. The number of hydrogen-bond donors (Lipinski definition) is 1. The van der Waals surface area contributed by atoms with Crippen molar-refractivity contribution < 1.29 is 4.79 Å². The summed E-state index contributed by atoms with van der Waals surface area (Å²) in [6.45, 7) is 13.1. The van der Waals surface area contributed by atoms with Gasteiger partial charge in [0, 0.05) is 37.1 Å². The number of ketones is 1. The Hall–Kier alpha value is -3.98.